The minimum atomic E-state index is 0.135. The van der Waals surface area contributed by atoms with Crippen LogP contribution in [0.2, 0.25) is 0 Å². The van der Waals surface area contributed by atoms with Gasteiger partial charge in [0.25, 0.3) is 5.88 Å². The number of aromatic nitrogens is 3. The number of anilines is 1. The van der Waals surface area contributed by atoms with Crippen molar-refractivity contribution in [3.05, 3.63) is 29.4 Å². The summed E-state index contributed by atoms with van der Waals surface area (Å²) >= 11 is 0. The van der Waals surface area contributed by atoms with E-state index >= 15 is 0 Å². The summed E-state index contributed by atoms with van der Waals surface area (Å²) in [6.45, 7) is 11.6. The molecule has 28 heavy (non-hydrogen) atoms. The fourth-order valence-electron chi connectivity index (χ4n) is 3.20. The summed E-state index contributed by atoms with van der Waals surface area (Å²) in [5.74, 6) is 3.39. The van der Waals surface area contributed by atoms with Crippen LogP contribution in [0.15, 0.2) is 16.7 Å². The highest BCUT2D eigenvalue weighted by Gasteiger charge is 2.23. The maximum Gasteiger partial charge on any atom is 0.254 e. The Morgan fingerprint density at radius 3 is 2.64 bits per heavy atom. The number of carbonyl (C=O) groups is 1. The lowest BCUT2D eigenvalue weighted by atomic mass is 10.2. The van der Waals surface area contributed by atoms with Crippen LogP contribution in [-0.2, 0) is 11.2 Å². The molecule has 3 rings (SSSR count). The molecule has 2 aromatic rings. The van der Waals surface area contributed by atoms with Gasteiger partial charge in [-0.1, -0.05) is 13.8 Å². The third-order valence-corrected chi connectivity index (χ3v) is 4.75. The first-order chi connectivity index (χ1) is 13.5. The summed E-state index contributed by atoms with van der Waals surface area (Å²) in [6.07, 6.45) is 0.937. The van der Waals surface area contributed by atoms with Crippen molar-refractivity contribution in [2.24, 2.45) is 0 Å². The molecule has 0 atom stereocenters. The number of nitrogens with zero attached hydrogens (tertiary/aromatic N) is 5. The minimum absolute atomic E-state index is 0.135. The molecular formula is C20H29N5O3. The van der Waals surface area contributed by atoms with Gasteiger partial charge in [-0.15, -0.1) is 0 Å². The molecule has 0 saturated carbocycles. The lowest BCUT2D eigenvalue weighted by Crippen LogP contribution is -2.49. The zero-order valence-corrected chi connectivity index (χ0v) is 17.1. The van der Waals surface area contributed by atoms with Crippen molar-refractivity contribution in [3.63, 3.8) is 0 Å². The van der Waals surface area contributed by atoms with Gasteiger partial charge in [-0.05, 0) is 19.0 Å². The van der Waals surface area contributed by atoms with E-state index in [0.717, 1.165) is 30.4 Å². The lowest BCUT2D eigenvalue weighted by Gasteiger charge is -2.35. The standard InChI is InChI=1S/C20H29N5O3/c1-5-27-18-13-16(28-23-18)6-7-19(26)25-10-8-24(9-11-25)17-12-15(4)21-20(22-17)14(2)3/h12-14H,5-11H2,1-4H3. The molecule has 0 aromatic carbocycles. The molecule has 0 bridgehead atoms. The minimum Gasteiger partial charge on any atom is -0.476 e. The Labute approximate surface area is 165 Å². The molecule has 3 heterocycles. The number of aryl methyl sites for hydroxylation is 2. The number of hydrogen-bond donors (Lipinski definition) is 0. The predicted octanol–water partition coefficient (Wildman–Crippen LogP) is 2.58. The second-order valence-electron chi connectivity index (χ2n) is 7.31. The Kier molecular flexibility index (Phi) is 6.49. The monoisotopic (exact) mass is 387 g/mol. The van der Waals surface area contributed by atoms with Gasteiger partial charge in [0.1, 0.15) is 17.4 Å². The molecule has 0 aliphatic carbocycles. The van der Waals surface area contributed by atoms with Crippen LogP contribution in [0, 0.1) is 6.92 Å². The van der Waals surface area contributed by atoms with E-state index in [-0.39, 0.29) is 5.91 Å². The highest BCUT2D eigenvalue weighted by Crippen LogP contribution is 2.19. The van der Waals surface area contributed by atoms with Crippen LogP contribution < -0.4 is 9.64 Å². The fourth-order valence-corrected chi connectivity index (χ4v) is 3.20. The molecule has 1 aliphatic heterocycles. The van der Waals surface area contributed by atoms with Crippen molar-refractivity contribution in [1.82, 2.24) is 20.0 Å². The van der Waals surface area contributed by atoms with Crippen molar-refractivity contribution >= 4 is 11.7 Å². The molecular weight excluding hydrogens is 358 g/mol. The number of carbonyl (C=O) groups excluding carboxylic acids is 1. The highest BCUT2D eigenvalue weighted by molar-refractivity contribution is 5.76. The van der Waals surface area contributed by atoms with Crippen molar-refractivity contribution in [3.8, 4) is 5.88 Å². The molecule has 8 heteroatoms. The maximum atomic E-state index is 12.5. The van der Waals surface area contributed by atoms with Crippen LogP contribution in [0.1, 0.15) is 50.4 Å². The lowest BCUT2D eigenvalue weighted by molar-refractivity contribution is -0.131. The van der Waals surface area contributed by atoms with E-state index in [4.69, 9.17) is 14.2 Å². The first-order valence-corrected chi connectivity index (χ1v) is 9.93. The molecule has 2 aromatic heterocycles. The molecule has 1 aliphatic rings. The van der Waals surface area contributed by atoms with Gasteiger partial charge in [0.2, 0.25) is 5.91 Å². The topological polar surface area (TPSA) is 84.6 Å². The molecule has 152 valence electrons. The fraction of sp³-hybridized carbons (Fsp3) is 0.600. The maximum absolute atomic E-state index is 12.5. The van der Waals surface area contributed by atoms with E-state index in [2.05, 4.69) is 28.9 Å². The van der Waals surface area contributed by atoms with Gasteiger partial charge in [-0.3, -0.25) is 4.79 Å². The van der Waals surface area contributed by atoms with Gasteiger partial charge < -0.3 is 19.1 Å². The van der Waals surface area contributed by atoms with Crippen LogP contribution in [0.25, 0.3) is 0 Å². The molecule has 0 radical (unpaired) electrons. The van der Waals surface area contributed by atoms with Crippen LogP contribution >= 0.6 is 0 Å². The van der Waals surface area contributed by atoms with Gasteiger partial charge >= 0.3 is 0 Å². The predicted molar refractivity (Wildman–Crippen MR) is 106 cm³/mol. The molecule has 0 unspecified atom stereocenters. The van der Waals surface area contributed by atoms with E-state index in [9.17, 15) is 4.79 Å². The zero-order valence-electron chi connectivity index (χ0n) is 17.1. The average molecular weight is 387 g/mol. The number of piperazine rings is 1. The summed E-state index contributed by atoms with van der Waals surface area (Å²) < 4.78 is 10.5. The SMILES string of the molecule is CCOc1cc(CCC(=O)N2CCN(c3cc(C)nc(C(C)C)n3)CC2)on1. The Balaban J connectivity index is 1.51. The Morgan fingerprint density at radius 2 is 1.96 bits per heavy atom. The van der Waals surface area contributed by atoms with Crippen molar-refractivity contribution in [2.75, 3.05) is 37.7 Å². The first kappa shape index (κ1) is 20.1. The van der Waals surface area contributed by atoms with Gasteiger partial charge in [-0.2, -0.15) is 0 Å². The summed E-state index contributed by atoms with van der Waals surface area (Å²) in [5, 5.41) is 3.83. The Hall–Kier alpha value is -2.64. The van der Waals surface area contributed by atoms with Crippen molar-refractivity contribution in [1.29, 1.82) is 0 Å². The third-order valence-electron chi connectivity index (χ3n) is 4.75. The molecule has 1 fully saturated rings. The first-order valence-electron chi connectivity index (χ1n) is 9.93. The summed E-state index contributed by atoms with van der Waals surface area (Å²) in [5.41, 5.74) is 0.977. The number of hydrogen-bond acceptors (Lipinski definition) is 7. The van der Waals surface area contributed by atoms with E-state index in [0.29, 0.717) is 50.1 Å². The van der Waals surface area contributed by atoms with Crippen LogP contribution in [0.3, 0.4) is 0 Å². The summed E-state index contributed by atoms with van der Waals surface area (Å²) in [4.78, 5) is 25.9. The average Bonchev–Trinajstić information content (AvgIpc) is 3.13. The number of amides is 1. The van der Waals surface area contributed by atoms with Gasteiger partial charge in [0, 0.05) is 62.8 Å². The van der Waals surface area contributed by atoms with Crippen molar-refractivity contribution in [2.45, 2.75) is 46.5 Å². The highest BCUT2D eigenvalue weighted by atomic mass is 16.5. The van der Waals surface area contributed by atoms with E-state index < -0.39 is 0 Å². The van der Waals surface area contributed by atoms with Crippen molar-refractivity contribution < 1.29 is 14.1 Å². The Bertz CT molecular complexity index is 797. The van der Waals surface area contributed by atoms with E-state index in [1.807, 2.05) is 24.8 Å². The van der Waals surface area contributed by atoms with Gasteiger partial charge in [0.05, 0.1) is 6.61 Å². The van der Waals surface area contributed by atoms with Crippen LogP contribution in [0.4, 0.5) is 5.82 Å². The second kappa shape index (κ2) is 9.03. The molecule has 1 saturated heterocycles. The number of rotatable bonds is 7. The van der Waals surface area contributed by atoms with Crippen LogP contribution in [-0.4, -0.2) is 58.7 Å². The zero-order chi connectivity index (χ0) is 20.1. The molecule has 1 amide bonds. The van der Waals surface area contributed by atoms with Gasteiger partial charge in [0.15, 0.2) is 0 Å². The molecule has 8 nitrogen and oxygen atoms in total. The quantitative estimate of drug-likeness (QED) is 0.722. The molecule has 0 spiro atoms. The van der Waals surface area contributed by atoms with E-state index in [1.165, 1.54) is 0 Å². The van der Waals surface area contributed by atoms with Gasteiger partial charge in [-0.25, -0.2) is 9.97 Å². The van der Waals surface area contributed by atoms with Crippen LogP contribution in [0.5, 0.6) is 5.88 Å². The third kappa shape index (κ3) is 4.99. The largest absolute Gasteiger partial charge is 0.476 e. The molecule has 0 N–H and O–H groups in total. The van der Waals surface area contributed by atoms with E-state index in [1.54, 1.807) is 6.07 Å². The summed E-state index contributed by atoms with van der Waals surface area (Å²) in [6, 6.07) is 3.77. The second-order valence-corrected chi connectivity index (χ2v) is 7.31. The number of ether oxygens (including phenoxy) is 1. The Morgan fingerprint density at radius 1 is 1.21 bits per heavy atom. The normalized spacial score (nSPS) is 14.6. The summed E-state index contributed by atoms with van der Waals surface area (Å²) in [7, 11) is 0. The smallest absolute Gasteiger partial charge is 0.254 e.